The summed E-state index contributed by atoms with van der Waals surface area (Å²) in [6.07, 6.45) is 4.19. The number of nitrogens with zero attached hydrogens (tertiary/aromatic N) is 3. The first-order valence-corrected chi connectivity index (χ1v) is 12.4. The van der Waals surface area contributed by atoms with Gasteiger partial charge in [-0.15, -0.1) is 0 Å². The number of unbranched alkanes of at least 4 members (excludes halogenated alkanes) is 1. The lowest BCUT2D eigenvalue weighted by atomic mass is 9.95. The average Bonchev–Trinajstić information content (AvgIpc) is 2.88. The number of carbonyl (C=O) groups is 1. The van der Waals surface area contributed by atoms with Crippen LogP contribution in [0.3, 0.4) is 0 Å². The predicted octanol–water partition coefficient (Wildman–Crippen LogP) is 2.49. The number of nitrogens with one attached hydrogen (secondary N) is 1. The second-order valence-corrected chi connectivity index (χ2v) is 9.41. The number of piperazine rings is 1. The summed E-state index contributed by atoms with van der Waals surface area (Å²) in [5, 5.41) is 12.4. The molecule has 1 aromatic heterocycles. The van der Waals surface area contributed by atoms with Gasteiger partial charge in [0, 0.05) is 62.4 Å². The van der Waals surface area contributed by atoms with Gasteiger partial charge >= 0.3 is 0 Å². The lowest BCUT2D eigenvalue weighted by Gasteiger charge is -2.38. The average molecular weight is 467 g/mol. The van der Waals surface area contributed by atoms with Crippen molar-refractivity contribution in [1.29, 1.82) is 0 Å². The highest BCUT2D eigenvalue weighted by Gasteiger charge is 2.25. The first-order valence-electron chi connectivity index (χ1n) is 12.4. The Kier molecular flexibility index (Phi) is 7.16. The third-order valence-electron chi connectivity index (χ3n) is 7.00. The Morgan fingerprint density at radius 3 is 2.85 bits per heavy atom. The molecule has 5 rings (SSSR count). The van der Waals surface area contributed by atoms with Crippen LogP contribution in [-0.4, -0.2) is 73.4 Å². The number of ether oxygens (including phenoxy) is 2. The Morgan fingerprint density at radius 2 is 2.00 bits per heavy atom. The molecule has 0 saturated carbocycles. The molecule has 8 nitrogen and oxygen atoms in total. The second-order valence-electron chi connectivity index (χ2n) is 9.41. The maximum atomic E-state index is 11.6. The molecule has 1 fully saturated rings. The molecule has 0 bridgehead atoms. The molecular formula is C26H34N4O4. The zero-order valence-corrected chi connectivity index (χ0v) is 19.7. The van der Waals surface area contributed by atoms with Crippen LogP contribution in [0.25, 0.3) is 0 Å². The number of aliphatic hydroxyl groups excluding tert-OH is 1. The van der Waals surface area contributed by atoms with Crippen LogP contribution in [-0.2, 0) is 17.6 Å². The molecule has 1 saturated heterocycles. The van der Waals surface area contributed by atoms with Gasteiger partial charge in [0.2, 0.25) is 11.8 Å². The van der Waals surface area contributed by atoms with Gasteiger partial charge in [0.05, 0.1) is 13.2 Å². The first-order chi connectivity index (χ1) is 16.7. The Hall–Kier alpha value is -2.84. The van der Waals surface area contributed by atoms with E-state index in [1.807, 2.05) is 18.2 Å². The van der Waals surface area contributed by atoms with Crippen molar-refractivity contribution >= 4 is 17.4 Å². The third kappa shape index (κ3) is 5.28. The highest BCUT2D eigenvalue weighted by molar-refractivity contribution is 5.92. The summed E-state index contributed by atoms with van der Waals surface area (Å²) >= 11 is 0. The van der Waals surface area contributed by atoms with E-state index >= 15 is 0 Å². The van der Waals surface area contributed by atoms with Gasteiger partial charge in [-0.25, -0.2) is 0 Å². The Morgan fingerprint density at radius 1 is 1.12 bits per heavy atom. The summed E-state index contributed by atoms with van der Waals surface area (Å²) in [5.41, 5.74) is 3.58. The first kappa shape index (κ1) is 22.9. The van der Waals surface area contributed by atoms with Crippen LogP contribution >= 0.6 is 0 Å². The molecular weight excluding hydrogens is 432 g/mol. The van der Waals surface area contributed by atoms with E-state index in [0.29, 0.717) is 31.3 Å². The van der Waals surface area contributed by atoms with Gasteiger partial charge in [0.15, 0.2) is 0 Å². The van der Waals surface area contributed by atoms with Crippen LogP contribution in [0.5, 0.6) is 11.6 Å². The number of hydrogen-bond donors (Lipinski definition) is 2. The molecule has 1 amide bonds. The maximum Gasteiger partial charge on any atom is 0.225 e. The summed E-state index contributed by atoms with van der Waals surface area (Å²) in [5.74, 6) is 2.40. The second kappa shape index (κ2) is 10.6. The van der Waals surface area contributed by atoms with Crippen molar-refractivity contribution in [2.75, 3.05) is 62.8 Å². The van der Waals surface area contributed by atoms with E-state index in [4.69, 9.17) is 9.47 Å². The Labute approximate surface area is 200 Å². The van der Waals surface area contributed by atoms with Gasteiger partial charge in [-0.3, -0.25) is 9.69 Å². The molecule has 1 unspecified atom stereocenters. The molecule has 0 aliphatic carbocycles. The van der Waals surface area contributed by atoms with E-state index in [9.17, 15) is 9.90 Å². The summed E-state index contributed by atoms with van der Waals surface area (Å²) in [6.45, 7) is 6.55. The normalized spacial score (nSPS) is 20.2. The Balaban J connectivity index is 1.04. The van der Waals surface area contributed by atoms with Gasteiger partial charge in [-0.1, -0.05) is 6.07 Å². The van der Waals surface area contributed by atoms with E-state index in [0.717, 1.165) is 69.7 Å². The molecule has 1 aromatic carbocycles. The van der Waals surface area contributed by atoms with Crippen molar-refractivity contribution in [1.82, 2.24) is 9.88 Å². The summed E-state index contributed by atoms with van der Waals surface area (Å²) in [4.78, 5) is 21.0. The minimum atomic E-state index is 0.0204. The molecule has 1 atom stereocenters. The number of anilines is 2. The lowest BCUT2D eigenvalue weighted by Crippen LogP contribution is -2.47. The molecule has 182 valence electrons. The standard InChI is InChI=1S/C26H34N4O4/c31-17-19-16-21-22(4-3-5-23(21)34-18-19)30-13-11-29(12-14-30)10-1-2-15-33-25-9-7-20-6-8-24(32)27-26(20)28-25/h3-5,7,9,19,31H,1-2,6,8,10-18H2,(H,27,28,32). The lowest BCUT2D eigenvalue weighted by molar-refractivity contribution is -0.116. The highest BCUT2D eigenvalue weighted by atomic mass is 16.5. The number of rotatable bonds is 8. The number of hydrogen-bond acceptors (Lipinski definition) is 7. The van der Waals surface area contributed by atoms with Crippen molar-refractivity contribution in [2.24, 2.45) is 5.92 Å². The van der Waals surface area contributed by atoms with E-state index in [1.54, 1.807) is 0 Å². The van der Waals surface area contributed by atoms with E-state index in [-0.39, 0.29) is 18.4 Å². The number of aryl methyl sites for hydroxylation is 1. The number of fused-ring (bicyclic) bond motifs is 2. The largest absolute Gasteiger partial charge is 0.493 e. The van der Waals surface area contributed by atoms with Crippen LogP contribution in [0.4, 0.5) is 11.5 Å². The smallest absolute Gasteiger partial charge is 0.225 e. The van der Waals surface area contributed by atoms with Crippen LogP contribution in [0.15, 0.2) is 30.3 Å². The number of aromatic nitrogens is 1. The quantitative estimate of drug-likeness (QED) is 0.578. The summed E-state index contributed by atoms with van der Waals surface area (Å²) in [6, 6.07) is 10.2. The van der Waals surface area contributed by atoms with Crippen molar-refractivity contribution in [3.8, 4) is 11.6 Å². The molecule has 2 aromatic rings. The molecule has 3 aliphatic rings. The fraction of sp³-hybridized carbons (Fsp3) is 0.538. The minimum absolute atomic E-state index is 0.0204. The molecule has 34 heavy (non-hydrogen) atoms. The minimum Gasteiger partial charge on any atom is -0.493 e. The van der Waals surface area contributed by atoms with Gasteiger partial charge in [-0.05, 0) is 56.0 Å². The van der Waals surface area contributed by atoms with Crippen molar-refractivity contribution in [3.63, 3.8) is 0 Å². The van der Waals surface area contributed by atoms with Crippen LogP contribution in [0, 0.1) is 5.92 Å². The van der Waals surface area contributed by atoms with Gasteiger partial charge in [0.25, 0.3) is 0 Å². The van der Waals surface area contributed by atoms with Crippen LogP contribution in [0.1, 0.15) is 30.4 Å². The number of aliphatic hydroxyl groups is 1. The van der Waals surface area contributed by atoms with Crippen LogP contribution in [0.2, 0.25) is 0 Å². The molecule has 8 heteroatoms. The zero-order valence-electron chi connectivity index (χ0n) is 19.7. The van der Waals surface area contributed by atoms with Gasteiger partial charge in [-0.2, -0.15) is 4.98 Å². The van der Waals surface area contributed by atoms with Gasteiger partial charge in [0.1, 0.15) is 11.6 Å². The molecule has 0 radical (unpaired) electrons. The van der Waals surface area contributed by atoms with E-state index in [2.05, 4.69) is 32.2 Å². The van der Waals surface area contributed by atoms with Crippen LogP contribution < -0.4 is 19.7 Å². The number of carbonyl (C=O) groups excluding carboxylic acids is 1. The fourth-order valence-electron chi connectivity index (χ4n) is 4.99. The number of pyridine rings is 1. The van der Waals surface area contributed by atoms with E-state index < -0.39 is 0 Å². The molecule has 4 heterocycles. The van der Waals surface area contributed by atoms with Crippen molar-refractivity contribution in [2.45, 2.75) is 32.1 Å². The Bertz CT molecular complexity index is 1010. The molecule has 2 N–H and O–H groups in total. The van der Waals surface area contributed by atoms with E-state index in [1.165, 1.54) is 11.3 Å². The SMILES string of the molecule is O=C1CCc2ccc(OCCCCN3CCN(c4cccc5c4CC(CO)CO5)CC3)nc2N1. The zero-order chi connectivity index (χ0) is 23.3. The summed E-state index contributed by atoms with van der Waals surface area (Å²) in [7, 11) is 0. The third-order valence-corrected chi connectivity index (χ3v) is 7.00. The predicted molar refractivity (Wildman–Crippen MR) is 131 cm³/mol. The maximum absolute atomic E-state index is 11.6. The van der Waals surface area contributed by atoms with Gasteiger partial charge < -0.3 is 24.8 Å². The van der Waals surface area contributed by atoms with Crippen molar-refractivity contribution < 1.29 is 19.4 Å². The topological polar surface area (TPSA) is 87.2 Å². The number of amides is 1. The highest BCUT2D eigenvalue weighted by Crippen LogP contribution is 2.35. The molecule has 3 aliphatic heterocycles. The number of benzene rings is 1. The van der Waals surface area contributed by atoms with Crippen molar-refractivity contribution in [3.05, 3.63) is 41.5 Å². The summed E-state index contributed by atoms with van der Waals surface area (Å²) < 4.78 is 11.7. The molecule has 0 spiro atoms. The fourth-order valence-corrected chi connectivity index (χ4v) is 4.99. The monoisotopic (exact) mass is 466 g/mol.